The highest BCUT2D eigenvalue weighted by molar-refractivity contribution is 6.17. The molecule has 116 valence electrons. The Labute approximate surface area is 132 Å². The van der Waals surface area contributed by atoms with Crippen LogP contribution in [0.25, 0.3) is 0 Å². The minimum Gasteiger partial charge on any atom is -0.375 e. The molecule has 1 aliphatic rings. The molecule has 2 rings (SSSR count). The summed E-state index contributed by atoms with van der Waals surface area (Å²) in [6.07, 6.45) is 3.73. The second kappa shape index (κ2) is 7.28. The molecule has 0 saturated carbocycles. The van der Waals surface area contributed by atoms with Crippen molar-refractivity contribution in [2.45, 2.75) is 57.1 Å². The molecule has 21 heavy (non-hydrogen) atoms. The molecule has 1 N–H and O–H groups in total. The molecule has 0 radical (unpaired) electrons. The van der Waals surface area contributed by atoms with Crippen LogP contribution in [-0.4, -0.2) is 24.2 Å². The first-order valence-electron chi connectivity index (χ1n) is 7.72. The van der Waals surface area contributed by atoms with E-state index in [9.17, 15) is 4.79 Å². The number of nitrogens with one attached hydrogen (secondary N) is 1. The van der Waals surface area contributed by atoms with Gasteiger partial charge in [0.2, 0.25) is 0 Å². The number of hydrogen-bond acceptors (Lipinski definition) is 2. The molecule has 1 heterocycles. The largest absolute Gasteiger partial charge is 0.375 e. The quantitative estimate of drug-likeness (QED) is 0.838. The minimum atomic E-state index is -0.0752. The number of carbonyl (C=O) groups excluding carboxylic acids is 1. The van der Waals surface area contributed by atoms with Crippen molar-refractivity contribution >= 4 is 17.5 Å². The Hall–Kier alpha value is -1.06. The summed E-state index contributed by atoms with van der Waals surface area (Å²) in [5, 5.41) is 3.15. The van der Waals surface area contributed by atoms with Crippen molar-refractivity contribution in [2.75, 3.05) is 6.61 Å². The Kier molecular flexibility index (Phi) is 5.65. The zero-order valence-electron chi connectivity index (χ0n) is 12.8. The first-order valence-corrected chi connectivity index (χ1v) is 8.25. The molecule has 1 unspecified atom stereocenters. The van der Waals surface area contributed by atoms with Gasteiger partial charge in [0, 0.05) is 24.1 Å². The second-order valence-electron chi connectivity index (χ2n) is 5.74. The number of alkyl halides is 1. The number of benzene rings is 1. The number of halogens is 1. The fraction of sp³-hybridized carbons (Fsp3) is 0.588. The van der Waals surface area contributed by atoms with Crippen molar-refractivity contribution in [1.82, 2.24) is 5.32 Å². The van der Waals surface area contributed by atoms with Gasteiger partial charge in [-0.25, -0.2) is 0 Å². The summed E-state index contributed by atoms with van der Waals surface area (Å²) in [6.45, 7) is 5.02. The summed E-state index contributed by atoms with van der Waals surface area (Å²) in [4.78, 5) is 12.4. The number of rotatable bonds is 5. The SMILES string of the molecule is CCC1(CC)CC(NC(=O)c2cccc(CCl)c2)CCO1. The molecule has 1 atom stereocenters. The Morgan fingerprint density at radius 1 is 1.43 bits per heavy atom. The summed E-state index contributed by atoms with van der Waals surface area (Å²) in [7, 11) is 0. The highest BCUT2D eigenvalue weighted by Gasteiger charge is 2.35. The first kappa shape index (κ1) is 16.3. The topological polar surface area (TPSA) is 38.3 Å². The Morgan fingerprint density at radius 2 is 2.19 bits per heavy atom. The fourth-order valence-electron chi connectivity index (χ4n) is 2.96. The van der Waals surface area contributed by atoms with Crippen LogP contribution in [0.3, 0.4) is 0 Å². The highest BCUT2D eigenvalue weighted by atomic mass is 35.5. The molecule has 0 spiro atoms. The molecule has 0 aromatic heterocycles. The van der Waals surface area contributed by atoms with Gasteiger partial charge in [0.25, 0.3) is 5.91 Å². The molecular weight excluding hydrogens is 286 g/mol. The molecule has 1 aliphatic heterocycles. The smallest absolute Gasteiger partial charge is 0.251 e. The van der Waals surface area contributed by atoms with Crippen LogP contribution in [0.2, 0.25) is 0 Å². The Bertz CT molecular complexity index is 485. The van der Waals surface area contributed by atoms with Crippen LogP contribution < -0.4 is 5.32 Å². The summed E-state index contributed by atoms with van der Waals surface area (Å²) < 4.78 is 5.95. The first-order chi connectivity index (χ1) is 10.1. The molecule has 1 saturated heterocycles. The lowest BCUT2D eigenvalue weighted by Crippen LogP contribution is -2.48. The van der Waals surface area contributed by atoms with E-state index >= 15 is 0 Å². The number of hydrogen-bond donors (Lipinski definition) is 1. The van der Waals surface area contributed by atoms with E-state index in [1.54, 1.807) is 0 Å². The van der Waals surface area contributed by atoms with Gasteiger partial charge in [0.1, 0.15) is 0 Å². The van der Waals surface area contributed by atoms with E-state index in [0.717, 1.165) is 31.2 Å². The lowest BCUT2D eigenvalue weighted by molar-refractivity contribution is -0.0917. The van der Waals surface area contributed by atoms with E-state index in [2.05, 4.69) is 19.2 Å². The summed E-state index contributed by atoms with van der Waals surface area (Å²) >= 11 is 5.82. The van der Waals surface area contributed by atoms with E-state index in [1.807, 2.05) is 24.3 Å². The molecule has 0 aliphatic carbocycles. The summed E-state index contributed by atoms with van der Waals surface area (Å²) in [6, 6.07) is 7.67. The molecule has 1 fully saturated rings. The van der Waals surface area contributed by atoms with Crippen LogP contribution in [-0.2, 0) is 10.6 Å². The van der Waals surface area contributed by atoms with Crippen molar-refractivity contribution in [3.8, 4) is 0 Å². The van der Waals surface area contributed by atoms with Crippen molar-refractivity contribution in [3.63, 3.8) is 0 Å². The van der Waals surface area contributed by atoms with Gasteiger partial charge in [-0.2, -0.15) is 0 Å². The molecule has 1 amide bonds. The van der Waals surface area contributed by atoms with Crippen molar-refractivity contribution in [2.24, 2.45) is 0 Å². The van der Waals surface area contributed by atoms with Gasteiger partial charge in [0.15, 0.2) is 0 Å². The van der Waals surface area contributed by atoms with Crippen LogP contribution in [0, 0.1) is 0 Å². The lowest BCUT2D eigenvalue weighted by atomic mass is 9.86. The molecule has 0 bridgehead atoms. The second-order valence-corrected chi connectivity index (χ2v) is 6.00. The third-order valence-corrected chi connectivity index (χ3v) is 4.77. The average molecular weight is 310 g/mol. The molecular formula is C17H24ClNO2. The van der Waals surface area contributed by atoms with Crippen LogP contribution in [0.4, 0.5) is 0 Å². The Morgan fingerprint density at radius 3 is 2.86 bits per heavy atom. The van der Waals surface area contributed by atoms with Crippen LogP contribution in [0.5, 0.6) is 0 Å². The zero-order valence-corrected chi connectivity index (χ0v) is 13.6. The van der Waals surface area contributed by atoms with Gasteiger partial charge < -0.3 is 10.1 Å². The predicted octanol–water partition coefficient (Wildman–Crippen LogP) is 3.89. The molecule has 1 aromatic rings. The predicted molar refractivity (Wildman–Crippen MR) is 85.8 cm³/mol. The molecule has 3 nitrogen and oxygen atoms in total. The van der Waals surface area contributed by atoms with Crippen LogP contribution >= 0.6 is 11.6 Å². The van der Waals surface area contributed by atoms with Gasteiger partial charge in [-0.1, -0.05) is 26.0 Å². The average Bonchev–Trinajstić information content (AvgIpc) is 2.55. The maximum Gasteiger partial charge on any atom is 0.251 e. The number of carbonyl (C=O) groups is 1. The van der Waals surface area contributed by atoms with Crippen molar-refractivity contribution < 1.29 is 9.53 Å². The van der Waals surface area contributed by atoms with Gasteiger partial charge in [-0.05, 0) is 43.4 Å². The lowest BCUT2D eigenvalue weighted by Gasteiger charge is -2.40. The van der Waals surface area contributed by atoms with E-state index in [1.165, 1.54) is 0 Å². The zero-order chi connectivity index (χ0) is 15.3. The van der Waals surface area contributed by atoms with Crippen molar-refractivity contribution in [1.29, 1.82) is 0 Å². The summed E-state index contributed by atoms with van der Waals surface area (Å²) in [5.74, 6) is 0.405. The maximum absolute atomic E-state index is 12.4. The van der Waals surface area contributed by atoms with E-state index in [0.29, 0.717) is 18.1 Å². The molecule has 1 aromatic carbocycles. The third kappa shape index (κ3) is 3.98. The van der Waals surface area contributed by atoms with Gasteiger partial charge in [-0.3, -0.25) is 4.79 Å². The third-order valence-electron chi connectivity index (χ3n) is 4.46. The minimum absolute atomic E-state index is 0.0185. The monoisotopic (exact) mass is 309 g/mol. The van der Waals surface area contributed by atoms with Gasteiger partial charge in [0.05, 0.1) is 5.60 Å². The summed E-state index contributed by atoms with van der Waals surface area (Å²) in [5.41, 5.74) is 1.57. The van der Waals surface area contributed by atoms with E-state index < -0.39 is 0 Å². The molecule has 4 heteroatoms. The van der Waals surface area contributed by atoms with Gasteiger partial charge in [-0.15, -0.1) is 11.6 Å². The standard InChI is InChI=1S/C17H24ClNO2/c1-3-17(4-2)11-15(8-9-21-17)19-16(20)14-7-5-6-13(10-14)12-18/h5-7,10,15H,3-4,8-9,11-12H2,1-2H3,(H,19,20). The maximum atomic E-state index is 12.4. The van der Waals surface area contributed by atoms with Crippen LogP contribution in [0.1, 0.15) is 55.5 Å². The van der Waals surface area contributed by atoms with E-state index in [4.69, 9.17) is 16.3 Å². The number of amides is 1. The Balaban J connectivity index is 2.01. The number of ether oxygens (including phenoxy) is 1. The fourth-order valence-corrected chi connectivity index (χ4v) is 3.12. The van der Waals surface area contributed by atoms with E-state index in [-0.39, 0.29) is 17.6 Å². The highest BCUT2D eigenvalue weighted by Crippen LogP contribution is 2.31. The van der Waals surface area contributed by atoms with Crippen molar-refractivity contribution in [3.05, 3.63) is 35.4 Å². The van der Waals surface area contributed by atoms with Crippen LogP contribution in [0.15, 0.2) is 24.3 Å². The van der Waals surface area contributed by atoms with Gasteiger partial charge >= 0.3 is 0 Å². The normalized spacial score (nSPS) is 21.0.